The van der Waals surface area contributed by atoms with Crippen molar-refractivity contribution in [3.05, 3.63) is 0 Å². The van der Waals surface area contributed by atoms with Crippen LogP contribution in [-0.2, 0) is 4.74 Å². The van der Waals surface area contributed by atoms with Crippen LogP contribution in [0.2, 0.25) is 0 Å². The monoisotopic (exact) mass is 144 g/mol. The first-order valence-corrected chi connectivity index (χ1v) is 3.34. The van der Waals surface area contributed by atoms with E-state index in [2.05, 4.69) is 0 Å². The van der Waals surface area contributed by atoms with Crippen LogP contribution < -0.4 is 5.73 Å². The van der Waals surface area contributed by atoms with Gasteiger partial charge in [0, 0.05) is 0 Å². The summed E-state index contributed by atoms with van der Waals surface area (Å²) in [4.78, 5) is 0. The lowest BCUT2D eigenvalue weighted by Crippen LogP contribution is -2.31. The summed E-state index contributed by atoms with van der Waals surface area (Å²) >= 11 is 0. The molecular formula is C7H16N2O. The topological polar surface area (TPSA) is 59.1 Å². The van der Waals surface area contributed by atoms with Gasteiger partial charge in [0.1, 0.15) is 6.10 Å². The van der Waals surface area contributed by atoms with Gasteiger partial charge in [0.25, 0.3) is 6.02 Å². The van der Waals surface area contributed by atoms with Crippen LogP contribution in [0.3, 0.4) is 0 Å². The van der Waals surface area contributed by atoms with Gasteiger partial charge in [0.15, 0.2) is 0 Å². The van der Waals surface area contributed by atoms with Crippen LogP contribution in [0.1, 0.15) is 27.7 Å². The molecule has 0 aliphatic carbocycles. The van der Waals surface area contributed by atoms with Gasteiger partial charge in [-0.05, 0) is 12.3 Å². The van der Waals surface area contributed by atoms with Gasteiger partial charge in [-0.3, -0.25) is 5.41 Å². The molecule has 10 heavy (non-hydrogen) atoms. The van der Waals surface area contributed by atoms with E-state index < -0.39 is 0 Å². The van der Waals surface area contributed by atoms with Crippen LogP contribution in [0, 0.1) is 10.8 Å². The third-order valence-corrected chi connectivity index (χ3v) is 1.52. The van der Waals surface area contributed by atoms with Crippen molar-refractivity contribution in [1.82, 2.24) is 0 Å². The fourth-order valence-corrected chi connectivity index (χ4v) is 0.367. The van der Waals surface area contributed by atoms with Gasteiger partial charge in [-0.1, -0.05) is 20.8 Å². The molecule has 0 saturated heterocycles. The molecular weight excluding hydrogens is 128 g/mol. The minimum atomic E-state index is -0.206. The summed E-state index contributed by atoms with van der Waals surface area (Å²) in [5.41, 5.74) is 5.10. The highest BCUT2D eigenvalue weighted by Gasteiger charge is 2.21. The van der Waals surface area contributed by atoms with Crippen LogP contribution >= 0.6 is 0 Å². The Hall–Kier alpha value is -0.730. The maximum absolute atomic E-state index is 6.86. The lowest BCUT2D eigenvalue weighted by Gasteiger charge is -2.26. The van der Waals surface area contributed by atoms with Crippen LogP contribution in [0.5, 0.6) is 0 Å². The summed E-state index contributed by atoms with van der Waals surface area (Å²) < 4.78 is 4.98. The molecule has 0 aliphatic heterocycles. The van der Waals surface area contributed by atoms with Crippen molar-refractivity contribution < 1.29 is 4.74 Å². The Balaban J connectivity index is 3.85. The minimum absolute atomic E-state index is 0.00926. The van der Waals surface area contributed by atoms with E-state index in [1.807, 2.05) is 27.7 Å². The Morgan fingerprint density at radius 3 is 2.00 bits per heavy atom. The van der Waals surface area contributed by atoms with Gasteiger partial charge < -0.3 is 10.5 Å². The van der Waals surface area contributed by atoms with Gasteiger partial charge in [-0.25, -0.2) is 0 Å². The maximum Gasteiger partial charge on any atom is 0.279 e. The average Bonchev–Trinajstić information content (AvgIpc) is 1.60. The molecule has 1 unspecified atom stereocenters. The van der Waals surface area contributed by atoms with E-state index in [-0.39, 0.29) is 17.5 Å². The molecule has 3 nitrogen and oxygen atoms in total. The van der Waals surface area contributed by atoms with Gasteiger partial charge >= 0.3 is 0 Å². The standard InChI is InChI=1S/C7H16N2O/c1-5(7(2,3)4)10-6(8)9/h5H,1-4H3,(H3,8,9). The summed E-state index contributed by atoms with van der Waals surface area (Å²) in [7, 11) is 0. The molecule has 0 bridgehead atoms. The van der Waals surface area contributed by atoms with Crippen LogP contribution in [0.4, 0.5) is 0 Å². The fourth-order valence-electron chi connectivity index (χ4n) is 0.367. The van der Waals surface area contributed by atoms with Crippen molar-refractivity contribution >= 4 is 6.02 Å². The number of nitrogens with two attached hydrogens (primary N) is 1. The van der Waals surface area contributed by atoms with E-state index in [1.54, 1.807) is 0 Å². The zero-order valence-corrected chi connectivity index (χ0v) is 7.06. The number of hydrogen-bond acceptors (Lipinski definition) is 2. The van der Waals surface area contributed by atoms with E-state index >= 15 is 0 Å². The first-order chi connectivity index (χ1) is 4.34. The van der Waals surface area contributed by atoms with E-state index in [0.29, 0.717) is 0 Å². The predicted molar refractivity (Wildman–Crippen MR) is 41.9 cm³/mol. The molecule has 0 heterocycles. The lowest BCUT2D eigenvalue weighted by molar-refractivity contribution is 0.0891. The van der Waals surface area contributed by atoms with E-state index in [9.17, 15) is 0 Å². The molecule has 0 aliphatic rings. The highest BCUT2D eigenvalue weighted by Crippen LogP contribution is 2.20. The number of rotatable bonds is 1. The van der Waals surface area contributed by atoms with E-state index in [1.165, 1.54) is 0 Å². The Labute approximate surface area is 62.1 Å². The van der Waals surface area contributed by atoms with Gasteiger partial charge in [-0.2, -0.15) is 0 Å². The van der Waals surface area contributed by atoms with Crippen LogP contribution in [-0.4, -0.2) is 12.1 Å². The molecule has 0 amide bonds. The van der Waals surface area contributed by atoms with Crippen molar-refractivity contribution in [3.63, 3.8) is 0 Å². The van der Waals surface area contributed by atoms with Crippen molar-refractivity contribution in [3.8, 4) is 0 Å². The molecule has 0 aromatic carbocycles. The largest absolute Gasteiger partial charge is 0.462 e. The highest BCUT2D eigenvalue weighted by molar-refractivity contribution is 5.67. The second-order valence-corrected chi connectivity index (χ2v) is 3.49. The summed E-state index contributed by atoms with van der Waals surface area (Å²) in [6.07, 6.45) is -0.00926. The number of amidine groups is 1. The fraction of sp³-hybridized carbons (Fsp3) is 0.857. The minimum Gasteiger partial charge on any atom is -0.462 e. The van der Waals surface area contributed by atoms with E-state index in [4.69, 9.17) is 15.9 Å². The molecule has 0 aromatic rings. The second kappa shape index (κ2) is 2.90. The maximum atomic E-state index is 6.86. The summed E-state index contributed by atoms with van der Waals surface area (Å²) in [6, 6.07) is -0.206. The molecule has 3 N–H and O–H groups in total. The molecule has 60 valence electrons. The number of hydrogen-bond donors (Lipinski definition) is 2. The van der Waals surface area contributed by atoms with Crippen molar-refractivity contribution in [2.75, 3.05) is 0 Å². The van der Waals surface area contributed by atoms with E-state index in [0.717, 1.165) is 0 Å². The zero-order chi connectivity index (χ0) is 8.36. The molecule has 0 saturated carbocycles. The van der Waals surface area contributed by atoms with Gasteiger partial charge in [0.2, 0.25) is 0 Å². The first kappa shape index (κ1) is 9.27. The first-order valence-electron chi connectivity index (χ1n) is 3.34. The van der Waals surface area contributed by atoms with Crippen LogP contribution in [0.15, 0.2) is 0 Å². The third-order valence-electron chi connectivity index (χ3n) is 1.52. The van der Waals surface area contributed by atoms with Crippen molar-refractivity contribution in [2.45, 2.75) is 33.8 Å². The Morgan fingerprint density at radius 1 is 1.50 bits per heavy atom. The Bertz CT molecular complexity index is 126. The predicted octanol–water partition coefficient (Wildman–Crippen LogP) is 1.33. The van der Waals surface area contributed by atoms with Crippen molar-refractivity contribution in [1.29, 1.82) is 5.41 Å². The number of nitrogens with one attached hydrogen (secondary N) is 1. The molecule has 0 spiro atoms. The Morgan fingerprint density at radius 2 is 1.90 bits per heavy atom. The molecule has 1 atom stereocenters. The number of ether oxygens (including phenoxy) is 1. The third kappa shape index (κ3) is 3.33. The molecule has 0 rings (SSSR count). The van der Waals surface area contributed by atoms with Crippen LogP contribution in [0.25, 0.3) is 0 Å². The van der Waals surface area contributed by atoms with Gasteiger partial charge in [-0.15, -0.1) is 0 Å². The second-order valence-electron chi connectivity index (χ2n) is 3.49. The molecule has 0 aromatic heterocycles. The lowest BCUT2D eigenvalue weighted by atomic mass is 9.90. The van der Waals surface area contributed by atoms with Crippen molar-refractivity contribution in [2.24, 2.45) is 11.1 Å². The zero-order valence-electron chi connectivity index (χ0n) is 7.06. The van der Waals surface area contributed by atoms with Gasteiger partial charge in [0.05, 0.1) is 0 Å². The highest BCUT2D eigenvalue weighted by atomic mass is 16.5. The quantitative estimate of drug-likeness (QED) is 0.431. The normalized spacial score (nSPS) is 14.4. The Kier molecular flexibility index (Phi) is 2.69. The summed E-state index contributed by atoms with van der Waals surface area (Å²) in [5.74, 6) is 0. The smallest absolute Gasteiger partial charge is 0.279 e. The summed E-state index contributed by atoms with van der Waals surface area (Å²) in [5, 5.41) is 6.86. The molecule has 3 heteroatoms. The molecule has 0 fully saturated rings. The average molecular weight is 144 g/mol. The molecule has 0 radical (unpaired) electrons. The SMILES string of the molecule is CC(OC(=N)N)C(C)(C)C. The summed E-state index contributed by atoms with van der Waals surface area (Å²) in [6.45, 7) is 8.03.